The molecule has 0 N–H and O–H groups in total. The summed E-state index contributed by atoms with van der Waals surface area (Å²) in [6.07, 6.45) is -3.47. The topological polar surface area (TPSA) is 57.9 Å². The lowest BCUT2D eigenvalue weighted by atomic mass is 10.1. The lowest BCUT2D eigenvalue weighted by molar-refractivity contribution is -0.274. The minimum absolute atomic E-state index is 0.0226. The third-order valence-electron chi connectivity index (χ3n) is 3.91. The Bertz CT molecular complexity index is 1010. The fourth-order valence-electron chi connectivity index (χ4n) is 2.70. The first-order valence-electron chi connectivity index (χ1n) is 8.58. The number of rotatable bonds is 7. The maximum atomic E-state index is 12.6. The summed E-state index contributed by atoms with van der Waals surface area (Å²) in [6.45, 7) is 1.88. The smallest absolute Gasteiger partial charge is 0.488 e. The number of halogens is 4. The molecule has 0 saturated carbocycles. The van der Waals surface area contributed by atoms with Gasteiger partial charge in [-0.2, -0.15) is 0 Å². The number of esters is 1. The van der Waals surface area contributed by atoms with Gasteiger partial charge in [0.25, 0.3) is 0 Å². The Morgan fingerprint density at radius 3 is 2.66 bits per heavy atom. The van der Waals surface area contributed by atoms with Gasteiger partial charge in [-0.15, -0.1) is 13.2 Å². The van der Waals surface area contributed by atoms with Crippen molar-refractivity contribution < 1.29 is 36.6 Å². The zero-order chi connectivity index (χ0) is 21.0. The molecule has 9 heteroatoms. The van der Waals surface area contributed by atoms with Gasteiger partial charge in [-0.25, -0.2) is 0 Å². The summed E-state index contributed by atoms with van der Waals surface area (Å²) in [6, 6.07) is 9.02. The van der Waals surface area contributed by atoms with Gasteiger partial charge in [0.05, 0.1) is 19.3 Å². The zero-order valence-corrected chi connectivity index (χ0v) is 16.8. The molecule has 0 atom stereocenters. The van der Waals surface area contributed by atoms with Crippen LogP contribution in [0.3, 0.4) is 0 Å². The Morgan fingerprint density at radius 1 is 1.14 bits per heavy atom. The van der Waals surface area contributed by atoms with Crippen LogP contribution in [0.1, 0.15) is 18.1 Å². The molecule has 0 saturated heterocycles. The van der Waals surface area contributed by atoms with Crippen LogP contribution in [-0.2, 0) is 22.6 Å². The SMILES string of the molecule is CCOC(=O)Cc1ccc(OC(F)(F)F)cc1OCc1coc2ccc(Br)cc12. The summed E-state index contributed by atoms with van der Waals surface area (Å²) in [5, 5.41) is 0.800. The van der Waals surface area contributed by atoms with Gasteiger partial charge < -0.3 is 18.6 Å². The Balaban J connectivity index is 1.86. The van der Waals surface area contributed by atoms with Crippen LogP contribution in [0.15, 0.2) is 51.6 Å². The lowest BCUT2D eigenvalue weighted by Crippen LogP contribution is -2.17. The van der Waals surface area contributed by atoms with Crippen LogP contribution in [0, 0.1) is 0 Å². The number of carbonyl (C=O) groups excluding carboxylic acids is 1. The fraction of sp³-hybridized carbons (Fsp3) is 0.250. The van der Waals surface area contributed by atoms with E-state index in [1.54, 1.807) is 13.0 Å². The van der Waals surface area contributed by atoms with E-state index in [-0.39, 0.29) is 25.4 Å². The van der Waals surface area contributed by atoms with Crippen LogP contribution < -0.4 is 9.47 Å². The van der Waals surface area contributed by atoms with Gasteiger partial charge in [0, 0.05) is 27.1 Å². The van der Waals surface area contributed by atoms with Crippen molar-refractivity contribution in [2.75, 3.05) is 6.61 Å². The highest BCUT2D eigenvalue weighted by Crippen LogP contribution is 2.31. The number of alkyl halides is 3. The average Bonchev–Trinajstić information content (AvgIpc) is 3.02. The molecule has 2 aromatic carbocycles. The molecule has 0 aliphatic rings. The first kappa shape index (κ1) is 21.0. The molecule has 154 valence electrons. The summed E-state index contributed by atoms with van der Waals surface area (Å²) in [5.74, 6) is -0.872. The third-order valence-corrected chi connectivity index (χ3v) is 4.40. The van der Waals surface area contributed by atoms with Crippen LogP contribution in [0.5, 0.6) is 11.5 Å². The van der Waals surface area contributed by atoms with Crippen molar-refractivity contribution >= 4 is 32.9 Å². The van der Waals surface area contributed by atoms with Crippen molar-refractivity contribution in [1.29, 1.82) is 0 Å². The molecule has 1 heterocycles. The van der Waals surface area contributed by atoms with E-state index in [9.17, 15) is 18.0 Å². The molecule has 0 fully saturated rings. The fourth-order valence-corrected chi connectivity index (χ4v) is 3.06. The molecular weight excluding hydrogens is 457 g/mol. The molecule has 3 aromatic rings. The third kappa shape index (κ3) is 5.66. The molecule has 0 radical (unpaired) electrons. The van der Waals surface area contributed by atoms with Gasteiger partial charge in [-0.3, -0.25) is 4.79 Å². The quantitative estimate of drug-likeness (QED) is 0.408. The molecule has 0 unspecified atom stereocenters. The van der Waals surface area contributed by atoms with E-state index in [2.05, 4.69) is 20.7 Å². The number of benzene rings is 2. The first-order chi connectivity index (χ1) is 13.7. The summed E-state index contributed by atoms with van der Waals surface area (Å²) in [7, 11) is 0. The van der Waals surface area contributed by atoms with E-state index < -0.39 is 18.1 Å². The maximum Gasteiger partial charge on any atom is 0.573 e. The Hall–Kier alpha value is -2.68. The average molecular weight is 473 g/mol. The Labute approximate surface area is 172 Å². The van der Waals surface area contributed by atoms with Crippen molar-refractivity contribution in [1.82, 2.24) is 0 Å². The lowest BCUT2D eigenvalue weighted by Gasteiger charge is -2.14. The van der Waals surface area contributed by atoms with E-state index in [1.807, 2.05) is 12.1 Å². The highest BCUT2D eigenvalue weighted by Gasteiger charge is 2.31. The standard InChI is InChI=1S/C20H16BrF3O5/c1-2-26-19(25)7-12-3-5-15(29-20(22,23)24)9-18(12)28-11-13-10-27-17-6-4-14(21)8-16(13)17/h3-6,8-10H,2,7,11H2,1H3. The van der Waals surface area contributed by atoms with E-state index in [0.717, 1.165) is 22.0 Å². The summed E-state index contributed by atoms with van der Waals surface area (Å²) in [4.78, 5) is 11.8. The van der Waals surface area contributed by atoms with Gasteiger partial charge in [0.1, 0.15) is 23.7 Å². The predicted octanol–water partition coefficient (Wildman–Crippen LogP) is 5.78. The number of carbonyl (C=O) groups is 1. The first-order valence-corrected chi connectivity index (χ1v) is 9.37. The molecule has 29 heavy (non-hydrogen) atoms. The highest BCUT2D eigenvalue weighted by atomic mass is 79.9. The van der Waals surface area contributed by atoms with Crippen LogP contribution in [0.2, 0.25) is 0 Å². The maximum absolute atomic E-state index is 12.6. The molecule has 0 spiro atoms. The Kier molecular flexibility index (Phi) is 6.36. The summed E-state index contributed by atoms with van der Waals surface area (Å²) >= 11 is 3.38. The second kappa shape index (κ2) is 8.77. The summed E-state index contributed by atoms with van der Waals surface area (Å²) in [5.41, 5.74) is 1.73. The molecule has 0 aliphatic heterocycles. The van der Waals surface area contributed by atoms with Crippen molar-refractivity contribution in [3.05, 3.63) is 58.3 Å². The van der Waals surface area contributed by atoms with Crippen LogP contribution in [0.25, 0.3) is 11.0 Å². The highest BCUT2D eigenvalue weighted by molar-refractivity contribution is 9.10. The predicted molar refractivity (Wildman–Crippen MR) is 102 cm³/mol. The van der Waals surface area contributed by atoms with Gasteiger partial charge in [0.15, 0.2) is 0 Å². The van der Waals surface area contributed by atoms with Gasteiger partial charge >= 0.3 is 12.3 Å². The van der Waals surface area contributed by atoms with Gasteiger partial charge in [-0.05, 0) is 31.2 Å². The monoisotopic (exact) mass is 472 g/mol. The Morgan fingerprint density at radius 2 is 1.93 bits per heavy atom. The van der Waals surface area contributed by atoms with Crippen molar-refractivity contribution in [3.8, 4) is 11.5 Å². The molecule has 1 aromatic heterocycles. The van der Waals surface area contributed by atoms with Crippen LogP contribution >= 0.6 is 15.9 Å². The second-order valence-corrected chi connectivity index (χ2v) is 6.90. The number of fused-ring (bicyclic) bond motifs is 1. The van der Waals surface area contributed by atoms with E-state index in [4.69, 9.17) is 13.9 Å². The number of furan rings is 1. The number of hydrogen-bond acceptors (Lipinski definition) is 5. The second-order valence-electron chi connectivity index (χ2n) is 5.99. The van der Waals surface area contributed by atoms with Crippen LogP contribution in [-0.4, -0.2) is 18.9 Å². The minimum atomic E-state index is -4.84. The summed E-state index contributed by atoms with van der Waals surface area (Å²) < 4.78 is 58.6. The molecular formula is C20H16BrF3O5. The largest absolute Gasteiger partial charge is 0.573 e. The van der Waals surface area contributed by atoms with Crippen LogP contribution in [0.4, 0.5) is 13.2 Å². The van der Waals surface area contributed by atoms with E-state index in [1.165, 1.54) is 12.3 Å². The zero-order valence-electron chi connectivity index (χ0n) is 15.2. The normalized spacial score (nSPS) is 11.5. The molecule has 5 nitrogen and oxygen atoms in total. The minimum Gasteiger partial charge on any atom is -0.488 e. The van der Waals surface area contributed by atoms with Crippen molar-refractivity contribution in [2.45, 2.75) is 26.3 Å². The van der Waals surface area contributed by atoms with E-state index >= 15 is 0 Å². The molecule has 3 rings (SSSR count). The molecule has 0 aliphatic carbocycles. The number of ether oxygens (including phenoxy) is 3. The molecule has 0 bridgehead atoms. The van der Waals surface area contributed by atoms with Gasteiger partial charge in [-0.1, -0.05) is 22.0 Å². The molecule has 0 amide bonds. The van der Waals surface area contributed by atoms with Gasteiger partial charge in [0.2, 0.25) is 0 Å². The van der Waals surface area contributed by atoms with Crippen molar-refractivity contribution in [3.63, 3.8) is 0 Å². The van der Waals surface area contributed by atoms with Crippen molar-refractivity contribution in [2.24, 2.45) is 0 Å². The number of hydrogen-bond donors (Lipinski definition) is 0. The van der Waals surface area contributed by atoms with E-state index in [0.29, 0.717) is 16.7 Å².